The summed E-state index contributed by atoms with van der Waals surface area (Å²) in [5.41, 5.74) is 1.13. The van der Waals surface area contributed by atoms with Gasteiger partial charge >= 0.3 is 0 Å². The first-order valence-corrected chi connectivity index (χ1v) is 7.48. The number of likely N-dealkylation sites (tertiary alicyclic amines) is 1. The highest BCUT2D eigenvalue weighted by Crippen LogP contribution is 2.19. The third kappa shape index (κ3) is 4.16. The Kier molecular flexibility index (Phi) is 5.14. The zero-order chi connectivity index (χ0) is 13.7. The molecular formula is C15H26N4. The van der Waals surface area contributed by atoms with Gasteiger partial charge in [-0.25, -0.2) is 9.97 Å². The van der Waals surface area contributed by atoms with Crippen molar-refractivity contribution < 1.29 is 0 Å². The summed E-state index contributed by atoms with van der Waals surface area (Å²) in [6.07, 6.45) is 5.12. The lowest BCUT2D eigenvalue weighted by Gasteiger charge is -2.20. The minimum absolute atomic E-state index is 0.667. The molecule has 2 rings (SSSR count). The second-order valence-electron chi connectivity index (χ2n) is 5.77. The Morgan fingerprint density at radius 3 is 2.95 bits per heavy atom. The molecule has 1 aliphatic heterocycles. The molecule has 1 unspecified atom stereocenters. The summed E-state index contributed by atoms with van der Waals surface area (Å²) >= 11 is 0. The normalized spacial score (nSPS) is 20.1. The molecule has 1 saturated heterocycles. The molecule has 0 amide bonds. The second kappa shape index (κ2) is 6.85. The van der Waals surface area contributed by atoms with E-state index in [1.54, 1.807) is 6.33 Å². The van der Waals surface area contributed by atoms with Gasteiger partial charge in [-0.15, -0.1) is 0 Å². The van der Waals surface area contributed by atoms with Gasteiger partial charge in [-0.3, -0.25) is 0 Å². The summed E-state index contributed by atoms with van der Waals surface area (Å²) < 4.78 is 0. The first-order chi connectivity index (χ1) is 9.19. The standard InChI is InChI=1S/C15H26N4/c1-4-5-14-8-15(18-11-17-14)16-9-13-6-7-19(10-13)12(2)3/h8,11-13H,4-7,9-10H2,1-3H3,(H,16,17,18). The van der Waals surface area contributed by atoms with Crippen LogP contribution in [-0.4, -0.2) is 40.5 Å². The molecule has 1 aromatic heterocycles. The van der Waals surface area contributed by atoms with Crippen molar-refractivity contribution in [1.29, 1.82) is 0 Å². The van der Waals surface area contributed by atoms with Gasteiger partial charge in [0.25, 0.3) is 0 Å². The predicted molar refractivity (Wildman–Crippen MR) is 79.3 cm³/mol. The molecule has 0 aliphatic carbocycles. The number of anilines is 1. The Morgan fingerprint density at radius 2 is 2.26 bits per heavy atom. The first kappa shape index (κ1) is 14.3. The first-order valence-electron chi connectivity index (χ1n) is 7.48. The number of aryl methyl sites for hydroxylation is 1. The van der Waals surface area contributed by atoms with Gasteiger partial charge in [0.1, 0.15) is 12.1 Å². The largest absolute Gasteiger partial charge is 0.370 e. The van der Waals surface area contributed by atoms with Crippen molar-refractivity contribution in [2.24, 2.45) is 5.92 Å². The van der Waals surface area contributed by atoms with Crippen LogP contribution in [0.5, 0.6) is 0 Å². The fourth-order valence-corrected chi connectivity index (χ4v) is 2.63. The van der Waals surface area contributed by atoms with Crippen molar-refractivity contribution >= 4 is 5.82 Å². The Morgan fingerprint density at radius 1 is 1.42 bits per heavy atom. The van der Waals surface area contributed by atoms with Crippen molar-refractivity contribution in [3.05, 3.63) is 18.1 Å². The molecule has 0 spiro atoms. The predicted octanol–water partition coefficient (Wildman–Crippen LogP) is 2.57. The average Bonchev–Trinajstić information content (AvgIpc) is 2.86. The lowest BCUT2D eigenvalue weighted by atomic mass is 10.1. The van der Waals surface area contributed by atoms with Gasteiger partial charge < -0.3 is 10.2 Å². The molecule has 4 nitrogen and oxygen atoms in total. The lowest BCUT2D eigenvalue weighted by molar-refractivity contribution is 0.266. The summed E-state index contributed by atoms with van der Waals surface area (Å²) in [5.74, 6) is 1.72. The maximum absolute atomic E-state index is 4.30. The quantitative estimate of drug-likeness (QED) is 0.855. The highest BCUT2D eigenvalue weighted by atomic mass is 15.2. The second-order valence-corrected chi connectivity index (χ2v) is 5.77. The fraction of sp³-hybridized carbons (Fsp3) is 0.733. The van der Waals surface area contributed by atoms with Crippen LogP contribution in [0.3, 0.4) is 0 Å². The number of nitrogens with one attached hydrogen (secondary N) is 1. The van der Waals surface area contributed by atoms with Gasteiger partial charge in [-0.05, 0) is 39.2 Å². The van der Waals surface area contributed by atoms with Crippen molar-refractivity contribution in [2.75, 3.05) is 25.0 Å². The van der Waals surface area contributed by atoms with Crippen molar-refractivity contribution in [1.82, 2.24) is 14.9 Å². The maximum atomic E-state index is 4.30. The van der Waals surface area contributed by atoms with Crippen LogP contribution in [0.2, 0.25) is 0 Å². The zero-order valence-electron chi connectivity index (χ0n) is 12.4. The molecule has 0 saturated carbocycles. The van der Waals surface area contributed by atoms with E-state index in [0.29, 0.717) is 6.04 Å². The minimum Gasteiger partial charge on any atom is -0.370 e. The summed E-state index contributed by atoms with van der Waals surface area (Å²) in [6, 6.07) is 2.75. The number of hydrogen-bond donors (Lipinski definition) is 1. The van der Waals surface area contributed by atoms with E-state index in [1.165, 1.54) is 19.5 Å². The fourth-order valence-electron chi connectivity index (χ4n) is 2.63. The van der Waals surface area contributed by atoms with Gasteiger partial charge in [0, 0.05) is 30.9 Å². The third-order valence-electron chi connectivity index (χ3n) is 3.85. The average molecular weight is 262 g/mol. The van der Waals surface area contributed by atoms with Gasteiger partial charge in [0.05, 0.1) is 0 Å². The minimum atomic E-state index is 0.667. The van der Waals surface area contributed by atoms with E-state index in [2.05, 4.69) is 47.0 Å². The molecule has 106 valence electrons. The van der Waals surface area contributed by atoms with Gasteiger partial charge in [-0.2, -0.15) is 0 Å². The molecule has 1 fully saturated rings. The molecule has 0 aromatic carbocycles. The van der Waals surface area contributed by atoms with Crippen LogP contribution < -0.4 is 5.32 Å². The Balaban J connectivity index is 1.81. The Bertz CT molecular complexity index is 391. The highest BCUT2D eigenvalue weighted by molar-refractivity contribution is 5.34. The van der Waals surface area contributed by atoms with Crippen LogP contribution in [0.25, 0.3) is 0 Å². The van der Waals surface area contributed by atoms with Crippen LogP contribution in [0.15, 0.2) is 12.4 Å². The zero-order valence-corrected chi connectivity index (χ0v) is 12.4. The van der Waals surface area contributed by atoms with Crippen LogP contribution in [0.4, 0.5) is 5.82 Å². The van der Waals surface area contributed by atoms with Gasteiger partial charge in [-0.1, -0.05) is 13.3 Å². The molecule has 0 bridgehead atoms. The van der Waals surface area contributed by atoms with Crippen LogP contribution in [-0.2, 0) is 6.42 Å². The van der Waals surface area contributed by atoms with Crippen molar-refractivity contribution in [3.8, 4) is 0 Å². The van der Waals surface area contributed by atoms with E-state index < -0.39 is 0 Å². The monoisotopic (exact) mass is 262 g/mol. The molecule has 1 N–H and O–H groups in total. The van der Waals surface area contributed by atoms with E-state index in [1.807, 2.05) is 0 Å². The van der Waals surface area contributed by atoms with Crippen LogP contribution in [0, 0.1) is 5.92 Å². The number of nitrogens with zero attached hydrogens (tertiary/aromatic N) is 3. The summed E-state index contributed by atoms with van der Waals surface area (Å²) in [7, 11) is 0. The number of hydrogen-bond acceptors (Lipinski definition) is 4. The molecular weight excluding hydrogens is 236 g/mol. The summed E-state index contributed by atoms with van der Waals surface area (Å²) in [6.45, 7) is 10.2. The summed E-state index contributed by atoms with van der Waals surface area (Å²) in [5, 5.41) is 3.47. The number of aromatic nitrogens is 2. The summed E-state index contributed by atoms with van der Waals surface area (Å²) in [4.78, 5) is 11.1. The lowest BCUT2D eigenvalue weighted by Crippen LogP contribution is -2.29. The maximum Gasteiger partial charge on any atom is 0.129 e. The van der Waals surface area contributed by atoms with Gasteiger partial charge in [0.15, 0.2) is 0 Å². The third-order valence-corrected chi connectivity index (χ3v) is 3.85. The van der Waals surface area contributed by atoms with E-state index in [9.17, 15) is 0 Å². The topological polar surface area (TPSA) is 41.0 Å². The molecule has 2 heterocycles. The van der Waals surface area contributed by atoms with E-state index >= 15 is 0 Å². The van der Waals surface area contributed by atoms with E-state index in [0.717, 1.165) is 36.8 Å². The van der Waals surface area contributed by atoms with Crippen LogP contribution in [0.1, 0.15) is 39.3 Å². The smallest absolute Gasteiger partial charge is 0.129 e. The Hall–Kier alpha value is -1.16. The molecule has 4 heteroatoms. The highest BCUT2D eigenvalue weighted by Gasteiger charge is 2.23. The molecule has 1 atom stereocenters. The number of rotatable bonds is 6. The van der Waals surface area contributed by atoms with Gasteiger partial charge in [0.2, 0.25) is 0 Å². The molecule has 1 aromatic rings. The molecule has 1 aliphatic rings. The SMILES string of the molecule is CCCc1cc(NCC2CCN(C(C)C)C2)ncn1. The molecule has 0 radical (unpaired) electrons. The van der Waals surface area contributed by atoms with E-state index in [-0.39, 0.29) is 0 Å². The van der Waals surface area contributed by atoms with Crippen molar-refractivity contribution in [2.45, 2.75) is 46.1 Å². The Labute approximate surface area is 116 Å². The van der Waals surface area contributed by atoms with Crippen molar-refractivity contribution in [3.63, 3.8) is 0 Å². The van der Waals surface area contributed by atoms with Crippen LogP contribution >= 0.6 is 0 Å². The van der Waals surface area contributed by atoms with E-state index in [4.69, 9.17) is 0 Å². The molecule has 19 heavy (non-hydrogen) atoms.